The van der Waals surface area contributed by atoms with Crippen LogP contribution in [-0.4, -0.2) is 33.8 Å². The van der Waals surface area contributed by atoms with Crippen LogP contribution in [0.5, 0.6) is 0 Å². The van der Waals surface area contributed by atoms with E-state index in [4.69, 9.17) is 5.11 Å². The van der Waals surface area contributed by atoms with Gasteiger partial charge in [-0.15, -0.1) is 0 Å². The summed E-state index contributed by atoms with van der Waals surface area (Å²) in [7, 11) is 0. The highest BCUT2D eigenvalue weighted by molar-refractivity contribution is 5.73. The van der Waals surface area contributed by atoms with E-state index in [2.05, 4.69) is 15.6 Å². The van der Waals surface area contributed by atoms with E-state index in [1.807, 2.05) is 48.9 Å². The first kappa shape index (κ1) is 17.0. The Labute approximate surface area is 136 Å². The summed E-state index contributed by atoms with van der Waals surface area (Å²) in [5.74, 6) is 0. The van der Waals surface area contributed by atoms with Crippen LogP contribution in [0, 0.1) is 5.41 Å². The van der Waals surface area contributed by atoms with Gasteiger partial charge in [-0.3, -0.25) is 0 Å². The molecule has 0 aliphatic rings. The molecule has 1 heterocycles. The van der Waals surface area contributed by atoms with Crippen LogP contribution in [0.3, 0.4) is 0 Å². The molecule has 1 aromatic heterocycles. The van der Waals surface area contributed by atoms with Gasteiger partial charge in [0.05, 0.1) is 6.33 Å². The topological polar surface area (TPSA) is 79.2 Å². The number of benzene rings is 1. The zero-order valence-corrected chi connectivity index (χ0v) is 13.6. The maximum Gasteiger partial charge on any atom is 0.315 e. The maximum atomic E-state index is 11.8. The number of imidazole rings is 1. The molecule has 0 saturated heterocycles. The van der Waals surface area contributed by atoms with Crippen molar-refractivity contribution in [3.05, 3.63) is 48.5 Å². The summed E-state index contributed by atoms with van der Waals surface area (Å²) in [4.78, 5) is 15.8. The Kier molecular flexibility index (Phi) is 5.76. The zero-order chi connectivity index (χ0) is 16.7. The number of aliphatic hydroxyl groups is 1. The second kappa shape index (κ2) is 7.78. The fourth-order valence-corrected chi connectivity index (χ4v) is 2.15. The lowest BCUT2D eigenvalue weighted by molar-refractivity contribution is 0.201. The number of aromatic nitrogens is 2. The van der Waals surface area contributed by atoms with Crippen LogP contribution in [0.15, 0.2) is 43.0 Å². The van der Waals surface area contributed by atoms with Gasteiger partial charge in [0.15, 0.2) is 0 Å². The molecular weight excluding hydrogens is 292 g/mol. The zero-order valence-electron chi connectivity index (χ0n) is 13.6. The van der Waals surface area contributed by atoms with Gasteiger partial charge in [0, 0.05) is 37.8 Å². The minimum atomic E-state index is -0.199. The lowest BCUT2D eigenvalue weighted by atomic mass is 9.90. The number of amides is 2. The molecular formula is C17H24N4O2. The van der Waals surface area contributed by atoms with Crippen LogP contribution in [0.4, 0.5) is 4.79 Å². The molecule has 3 N–H and O–H groups in total. The Morgan fingerprint density at radius 3 is 2.61 bits per heavy atom. The predicted octanol–water partition coefficient (Wildman–Crippen LogP) is 2.08. The molecule has 2 rings (SSSR count). The molecule has 1 aromatic carbocycles. The third-order valence-electron chi connectivity index (χ3n) is 3.71. The van der Waals surface area contributed by atoms with Gasteiger partial charge < -0.3 is 20.3 Å². The Morgan fingerprint density at radius 1 is 1.26 bits per heavy atom. The van der Waals surface area contributed by atoms with Crippen LogP contribution >= 0.6 is 0 Å². The summed E-state index contributed by atoms with van der Waals surface area (Å²) in [5.41, 5.74) is 1.94. The lowest BCUT2D eigenvalue weighted by Gasteiger charge is -2.23. The van der Waals surface area contributed by atoms with Crippen LogP contribution in [0.25, 0.3) is 5.69 Å². The van der Waals surface area contributed by atoms with Gasteiger partial charge in [-0.2, -0.15) is 0 Å². The van der Waals surface area contributed by atoms with Gasteiger partial charge in [0.2, 0.25) is 0 Å². The van der Waals surface area contributed by atoms with Crippen LogP contribution < -0.4 is 10.6 Å². The number of rotatable bonds is 7. The standard InChI is InChI=1S/C17H24N4O2/c1-17(2,7-10-22)12-20-16(23)19-11-14-3-5-15(6-4-14)21-9-8-18-13-21/h3-6,8-9,13,22H,7,10-12H2,1-2H3,(H2,19,20,23). The number of aliphatic hydroxyl groups excluding tert-OH is 1. The molecule has 0 atom stereocenters. The Morgan fingerprint density at radius 2 is 2.00 bits per heavy atom. The fourth-order valence-electron chi connectivity index (χ4n) is 2.15. The summed E-state index contributed by atoms with van der Waals surface area (Å²) in [6.45, 7) is 5.14. The molecule has 0 aliphatic heterocycles. The van der Waals surface area contributed by atoms with Gasteiger partial charge in [0.25, 0.3) is 0 Å². The highest BCUT2D eigenvalue weighted by atomic mass is 16.3. The van der Waals surface area contributed by atoms with Gasteiger partial charge in [0.1, 0.15) is 0 Å². The highest BCUT2D eigenvalue weighted by Crippen LogP contribution is 2.17. The summed E-state index contributed by atoms with van der Waals surface area (Å²) in [6.07, 6.45) is 6.02. The van der Waals surface area contributed by atoms with Crippen molar-refractivity contribution >= 4 is 6.03 Å². The van der Waals surface area contributed by atoms with E-state index < -0.39 is 0 Å². The molecule has 0 radical (unpaired) electrons. The van der Waals surface area contributed by atoms with Gasteiger partial charge in [-0.25, -0.2) is 9.78 Å². The molecule has 2 aromatic rings. The second-order valence-corrected chi connectivity index (χ2v) is 6.31. The molecule has 0 spiro atoms. The summed E-state index contributed by atoms with van der Waals surface area (Å²) in [6, 6.07) is 7.73. The smallest absolute Gasteiger partial charge is 0.315 e. The fraction of sp³-hybridized carbons (Fsp3) is 0.412. The van der Waals surface area contributed by atoms with E-state index in [9.17, 15) is 4.79 Å². The first-order chi connectivity index (χ1) is 11.0. The van der Waals surface area contributed by atoms with Crippen LogP contribution in [-0.2, 0) is 6.54 Å². The number of urea groups is 1. The van der Waals surface area contributed by atoms with Crippen molar-refractivity contribution < 1.29 is 9.90 Å². The van der Waals surface area contributed by atoms with Gasteiger partial charge in [-0.05, 0) is 29.5 Å². The van der Waals surface area contributed by atoms with Crippen molar-refractivity contribution in [3.8, 4) is 5.69 Å². The van der Waals surface area contributed by atoms with Gasteiger partial charge >= 0.3 is 6.03 Å². The SMILES string of the molecule is CC(C)(CCO)CNC(=O)NCc1ccc(-n2ccnc2)cc1. The van der Waals surface area contributed by atoms with E-state index >= 15 is 0 Å². The Hall–Kier alpha value is -2.34. The first-order valence-electron chi connectivity index (χ1n) is 7.70. The number of nitrogens with one attached hydrogen (secondary N) is 2. The highest BCUT2D eigenvalue weighted by Gasteiger charge is 2.17. The van der Waals surface area contributed by atoms with E-state index in [-0.39, 0.29) is 18.1 Å². The Balaban J connectivity index is 1.78. The minimum absolute atomic E-state index is 0.113. The molecule has 0 unspecified atom stereocenters. The molecule has 0 aliphatic carbocycles. The quantitative estimate of drug-likeness (QED) is 0.732. The molecule has 0 fully saturated rings. The molecule has 6 nitrogen and oxygen atoms in total. The minimum Gasteiger partial charge on any atom is -0.396 e. The van der Waals surface area contributed by atoms with E-state index in [1.165, 1.54) is 0 Å². The number of hydrogen-bond acceptors (Lipinski definition) is 3. The molecule has 6 heteroatoms. The van der Waals surface area contributed by atoms with Crippen molar-refractivity contribution in [2.24, 2.45) is 5.41 Å². The Bertz CT molecular complexity index is 606. The van der Waals surface area contributed by atoms with Crippen molar-refractivity contribution in [1.29, 1.82) is 0 Å². The third-order valence-corrected chi connectivity index (χ3v) is 3.71. The normalized spacial score (nSPS) is 11.3. The predicted molar refractivity (Wildman–Crippen MR) is 89.3 cm³/mol. The lowest BCUT2D eigenvalue weighted by Crippen LogP contribution is -2.40. The summed E-state index contributed by atoms with van der Waals surface area (Å²) in [5, 5.41) is 14.7. The summed E-state index contributed by atoms with van der Waals surface area (Å²) >= 11 is 0. The van der Waals surface area contributed by atoms with Crippen molar-refractivity contribution in [3.63, 3.8) is 0 Å². The average molecular weight is 316 g/mol. The number of carbonyl (C=O) groups excluding carboxylic acids is 1. The summed E-state index contributed by atoms with van der Waals surface area (Å²) < 4.78 is 1.92. The largest absolute Gasteiger partial charge is 0.396 e. The second-order valence-electron chi connectivity index (χ2n) is 6.31. The van der Waals surface area contributed by atoms with Crippen molar-refractivity contribution in [2.75, 3.05) is 13.2 Å². The molecule has 2 amide bonds. The van der Waals surface area contributed by atoms with E-state index in [0.29, 0.717) is 19.5 Å². The van der Waals surface area contributed by atoms with E-state index in [0.717, 1.165) is 11.3 Å². The number of nitrogens with zero attached hydrogens (tertiary/aromatic N) is 2. The number of carbonyl (C=O) groups is 1. The monoisotopic (exact) mass is 316 g/mol. The molecule has 23 heavy (non-hydrogen) atoms. The van der Waals surface area contributed by atoms with Gasteiger partial charge in [-0.1, -0.05) is 26.0 Å². The first-order valence-corrected chi connectivity index (χ1v) is 7.70. The van der Waals surface area contributed by atoms with E-state index in [1.54, 1.807) is 12.5 Å². The maximum absolute atomic E-state index is 11.8. The average Bonchev–Trinajstić information content (AvgIpc) is 3.06. The van der Waals surface area contributed by atoms with Crippen molar-refractivity contribution in [1.82, 2.24) is 20.2 Å². The van der Waals surface area contributed by atoms with Crippen LogP contribution in [0.1, 0.15) is 25.8 Å². The third kappa shape index (κ3) is 5.41. The number of hydrogen-bond donors (Lipinski definition) is 3. The molecule has 0 saturated carbocycles. The molecule has 124 valence electrons. The van der Waals surface area contributed by atoms with Crippen molar-refractivity contribution in [2.45, 2.75) is 26.8 Å². The molecule has 0 bridgehead atoms. The van der Waals surface area contributed by atoms with Crippen LogP contribution in [0.2, 0.25) is 0 Å².